The fourth-order valence-corrected chi connectivity index (χ4v) is 3.22. The smallest absolute Gasteiger partial charge is 0.409 e. The number of hydrogen-bond acceptors (Lipinski definition) is 5. The second-order valence-electron chi connectivity index (χ2n) is 6.05. The van der Waals surface area contributed by atoms with Crippen molar-refractivity contribution >= 4 is 17.8 Å². The Morgan fingerprint density at radius 3 is 2.42 bits per heavy atom. The molecule has 0 unspecified atom stereocenters. The lowest BCUT2D eigenvalue weighted by Gasteiger charge is -2.34. The van der Waals surface area contributed by atoms with Crippen LogP contribution in [0.5, 0.6) is 0 Å². The van der Waals surface area contributed by atoms with E-state index in [0.29, 0.717) is 38.3 Å². The number of hydrogen-bond donors (Lipinski definition) is 0. The molecule has 7 heteroatoms. The summed E-state index contributed by atoms with van der Waals surface area (Å²) in [6, 6.07) is 3.66. The predicted molar refractivity (Wildman–Crippen MR) is 90.2 cm³/mol. The van der Waals surface area contributed by atoms with Crippen molar-refractivity contribution in [2.45, 2.75) is 19.8 Å². The van der Waals surface area contributed by atoms with E-state index in [1.54, 1.807) is 22.9 Å². The molecule has 0 aliphatic carbocycles. The van der Waals surface area contributed by atoms with Gasteiger partial charge in [0.2, 0.25) is 0 Å². The standard InChI is InChI=1S/C17H24N4O3/c1-2-24-17(23)21-12-10-20(11-13-21)16(22)14-6-5-7-18-15(14)19-8-3-4-9-19/h5-7H,2-4,8-13H2,1H3. The molecule has 0 atom stereocenters. The van der Waals surface area contributed by atoms with Crippen LogP contribution in [0.2, 0.25) is 0 Å². The lowest BCUT2D eigenvalue weighted by atomic mass is 10.2. The highest BCUT2D eigenvalue weighted by molar-refractivity contribution is 5.99. The van der Waals surface area contributed by atoms with Crippen molar-refractivity contribution in [1.29, 1.82) is 0 Å². The van der Waals surface area contributed by atoms with E-state index in [0.717, 1.165) is 31.7 Å². The van der Waals surface area contributed by atoms with Crippen LogP contribution in [0.1, 0.15) is 30.1 Å². The van der Waals surface area contributed by atoms with Gasteiger partial charge in [-0.05, 0) is 31.9 Å². The molecule has 0 bridgehead atoms. The van der Waals surface area contributed by atoms with E-state index in [4.69, 9.17) is 4.74 Å². The molecule has 0 spiro atoms. The molecule has 0 aromatic carbocycles. The zero-order chi connectivity index (χ0) is 16.9. The maximum absolute atomic E-state index is 12.9. The largest absolute Gasteiger partial charge is 0.450 e. The van der Waals surface area contributed by atoms with Crippen molar-refractivity contribution in [3.8, 4) is 0 Å². The Kier molecular flexibility index (Phi) is 5.17. The van der Waals surface area contributed by atoms with Gasteiger partial charge >= 0.3 is 6.09 Å². The molecule has 3 heterocycles. The molecular formula is C17H24N4O3. The van der Waals surface area contributed by atoms with Gasteiger partial charge in [0.15, 0.2) is 0 Å². The third kappa shape index (κ3) is 3.44. The molecule has 2 aliphatic rings. The number of aromatic nitrogens is 1. The van der Waals surface area contributed by atoms with E-state index in [1.165, 1.54) is 0 Å². The summed E-state index contributed by atoms with van der Waals surface area (Å²) >= 11 is 0. The van der Waals surface area contributed by atoms with Crippen LogP contribution in [0.15, 0.2) is 18.3 Å². The first-order valence-corrected chi connectivity index (χ1v) is 8.61. The molecule has 7 nitrogen and oxygen atoms in total. The molecule has 2 aliphatic heterocycles. The number of carbonyl (C=O) groups excluding carboxylic acids is 2. The normalized spacial score (nSPS) is 18.0. The second-order valence-corrected chi connectivity index (χ2v) is 6.05. The highest BCUT2D eigenvalue weighted by Crippen LogP contribution is 2.23. The van der Waals surface area contributed by atoms with Gasteiger partial charge in [-0.25, -0.2) is 9.78 Å². The van der Waals surface area contributed by atoms with Gasteiger partial charge in [-0.3, -0.25) is 4.79 Å². The van der Waals surface area contributed by atoms with Gasteiger partial charge in [-0.1, -0.05) is 0 Å². The molecule has 0 N–H and O–H groups in total. The van der Waals surface area contributed by atoms with E-state index in [1.807, 2.05) is 12.1 Å². The molecule has 2 amide bonds. The average Bonchev–Trinajstić information content (AvgIpc) is 3.16. The van der Waals surface area contributed by atoms with Crippen LogP contribution < -0.4 is 4.90 Å². The molecule has 1 aromatic rings. The molecule has 2 fully saturated rings. The van der Waals surface area contributed by atoms with Crippen molar-refractivity contribution in [3.63, 3.8) is 0 Å². The third-order valence-corrected chi connectivity index (χ3v) is 4.52. The van der Waals surface area contributed by atoms with Crippen LogP contribution in [0.25, 0.3) is 0 Å². The first-order valence-electron chi connectivity index (χ1n) is 8.61. The number of nitrogens with zero attached hydrogens (tertiary/aromatic N) is 4. The van der Waals surface area contributed by atoms with Gasteiger partial charge in [0, 0.05) is 45.5 Å². The Morgan fingerprint density at radius 2 is 1.75 bits per heavy atom. The first kappa shape index (κ1) is 16.5. The Morgan fingerprint density at radius 1 is 1.08 bits per heavy atom. The van der Waals surface area contributed by atoms with Crippen LogP contribution >= 0.6 is 0 Å². The minimum absolute atomic E-state index is 0.00601. The summed E-state index contributed by atoms with van der Waals surface area (Å²) in [6.07, 6.45) is 3.72. The number of anilines is 1. The van der Waals surface area contributed by atoms with E-state index < -0.39 is 0 Å². The molecular weight excluding hydrogens is 308 g/mol. The van der Waals surface area contributed by atoms with Crippen molar-refractivity contribution in [1.82, 2.24) is 14.8 Å². The number of pyridine rings is 1. The zero-order valence-corrected chi connectivity index (χ0v) is 14.1. The van der Waals surface area contributed by atoms with Crippen molar-refractivity contribution in [3.05, 3.63) is 23.9 Å². The highest BCUT2D eigenvalue weighted by Gasteiger charge is 2.28. The van der Waals surface area contributed by atoms with Crippen molar-refractivity contribution in [2.75, 3.05) is 50.8 Å². The molecule has 130 valence electrons. The maximum Gasteiger partial charge on any atom is 0.409 e. The Labute approximate surface area is 142 Å². The van der Waals surface area contributed by atoms with Gasteiger partial charge in [0.25, 0.3) is 5.91 Å². The summed E-state index contributed by atoms with van der Waals surface area (Å²) in [5, 5.41) is 0. The number of rotatable bonds is 3. The monoisotopic (exact) mass is 332 g/mol. The number of piperazine rings is 1. The maximum atomic E-state index is 12.9. The van der Waals surface area contributed by atoms with E-state index in [9.17, 15) is 9.59 Å². The van der Waals surface area contributed by atoms with Gasteiger partial charge in [-0.15, -0.1) is 0 Å². The van der Waals surface area contributed by atoms with E-state index >= 15 is 0 Å². The lowest BCUT2D eigenvalue weighted by molar-refractivity contribution is 0.0570. The molecule has 1 aromatic heterocycles. The molecule has 0 radical (unpaired) electrons. The summed E-state index contributed by atoms with van der Waals surface area (Å²) in [5.41, 5.74) is 0.656. The van der Waals surface area contributed by atoms with Crippen LogP contribution in [-0.2, 0) is 4.74 Å². The summed E-state index contributed by atoms with van der Waals surface area (Å²) in [7, 11) is 0. The number of carbonyl (C=O) groups is 2. The molecule has 24 heavy (non-hydrogen) atoms. The summed E-state index contributed by atoms with van der Waals surface area (Å²) < 4.78 is 5.02. The van der Waals surface area contributed by atoms with Gasteiger partial charge in [-0.2, -0.15) is 0 Å². The van der Waals surface area contributed by atoms with Crippen LogP contribution in [-0.4, -0.2) is 72.7 Å². The minimum atomic E-state index is -0.302. The topological polar surface area (TPSA) is 66.0 Å². The van der Waals surface area contributed by atoms with E-state index in [2.05, 4.69) is 9.88 Å². The minimum Gasteiger partial charge on any atom is -0.450 e. The fraction of sp³-hybridized carbons (Fsp3) is 0.588. The second kappa shape index (κ2) is 7.51. The van der Waals surface area contributed by atoms with Crippen molar-refractivity contribution in [2.24, 2.45) is 0 Å². The van der Waals surface area contributed by atoms with Crippen LogP contribution in [0.4, 0.5) is 10.6 Å². The van der Waals surface area contributed by atoms with Gasteiger partial charge < -0.3 is 19.4 Å². The third-order valence-electron chi connectivity index (χ3n) is 4.52. The van der Waals surface area contributed by atoms with Crippen LogP contribution in [0.3, 0.4) is 0 Å². The fourth-order valence-electron chi connectivity index (χ4n) is 3.22. The van der Waals surface area contributed by atoms with Gasteiger partial charge in [0.05, 0.1) is 12.2 Å². The summed E-state index contributed by atoms with van der Waals surface area (Å²) in [5.74, 6) is 0.779. The SMILES string of the molecule is CCOC(=O)N1CCN(C(=O)c2cccnc2N2CCCC2)CC1. The quantitative estimate of drug-likeness (QED) is 0.841. The highest BCUT2D eigenvalue weighted by atomic mass is 16.6. The predicted octanol–water partition coefficient (Wildman–Crippen LogP) is 1.60. The zero-order valence-electron chi connectivity index (χ0n) is 14.1. The lowest BCUT2D eigenvalue weighted by Crippen LogP contribution is -2.51. The number of amides is 2. The summed E-state index contributed by atoms with van der Waals surface area (Å²) in [4.78, 5) is 34.7. The molecule has 2 saturated heterocycles. The van der Waals surface area contributed by atoms with Gasteiger partial charge in [0.1, 0.15) is 5.82 Å². The molecule has 3 rings (SSSR count). The average molecular weight is 332 g/mol. The Balaban J connectivity index is 1.67. The summed E-state index contributed by atoms with van der Waals surface area (Å²) in [6.45, 7) is 6.11. The Bertz CT molecular complexity index is 593. The Hall–Kier alpha value is -2.31. The van der Waals surface area contributed by atoms with E-state index in [-0.39, 0.29) is 12.0 Å². The van der Waals surface area contributed by atoms with Crippen LogP contribution in [0, 0.1) is 0 Å². The number of ether oxygens (including phenoxy) is 1. The van der Waals surface area contributed by atoms with Crippen molar-refractivity contribution < 1.29 is 14.3 Å². The molecule has 0 saturated carbocycles. The first-order chi connectivity index (χ1) is 11.7.